The first-order valence-electron chi connectivity index (χ1n) is 4.06. The molecular formula is C8H8BrClN2O2S. The van der Waals surface area contributed by atoms with E-state index in [1.54, 1.807) is 6.92 Å². The summed E-state index contributed by atoms with van der Waals surface area (Å²) in [7, 11) is 0. The lowest BCUT2D eigenvalue weighted by molar-refractivity contribution is -0.385. The van der Waals surface area contributed by atoms with Crippen LogP contribution < -0.4 is 0 Å². The number of nitrogens with zero attached hydrogens (tertiary/aromatic N) is 2. The second kappa shape index (κ2) is 5.67. The molecule has 1 aromatic heterocycles. The van der Waals surface area contributed by atoms with E-state index >= 15 is 0 Å². The molecule has 0 saturated heterocycles. The summed E-state index contributed by atoms with van der Waals surface area (Å²) in [5.74, 6) is 1.25. The fourth-order valence-electron chi connectivity index (χ4n) is 0.966. The average Bonchev–Trinajstić information content (AvgIpc) is 2.20. The first-order valence-corrected chi connectivity index (χ1v) is 6.37. The number of halogens is 2. The maximum absolute atomic E-state index is 10.6. The Labute approximate surface area is 105 Å². The van der Waals surface area contributed by atoms with Gasteiger partial charge in [0.05, 0.1) is 9.40 Å². The summed E-state index contributed by atoms with van der Waals surface area (Å²) in [5, 5.41) is 11.4. The summed E-state index contributed by atoms with van der Waals surface area (Å²) >= 11 is 10.3. The van der Waals surface area contributed by atoms with Crippen LogP contribution in [0.25, 0.3) is 0 Å². The SMILES string of the molecule is Cc1c([N+](=O)[O-])cnc(SCCCl)c1Br. The second-order valence-electron chi connectivity index (χ2n) is 2.68. The van der Waals surface area contributed by atoms with Crippen molar-refractivity contribution < 1.29 is 4.92 Å². The Kier molecular flexibility index (Phi) is 4.82. The van der Waals surface area contributed by atoms with E-state index in [1.165, 1.54) is 18.0 Å². The first-order chi connectivity index (χ1) is 7.07. The standard InChI is InChI=1S/C8H8BrClN2O2S/c1-5-6(12(13)14)4-11-8(7(5)9)15-3-2-10/h4H,2-3H2,1H3. The maximum Gasteiger partial charge on any atom is 0.291 e. The van der Waals surface area contributed by atoms with Crippen LogP contribution in [0.3, 0.4) is 0 Å². The zero-order valence-electron chi connectivity index (χ0n) is 7.87. The van der Waals surface area contributed by atoms with Gasteiger partial charge in [-0.1, -0.05) is 0 Å². The van der Waals surface area contributed by atoms with Crippen molar-refractivity contribution in [3.05, 3.63) is 26.3 Å². The molecule has 0 N–H and O–H groups in total. The molecule has 0 unspecified atom stereocenters. The summed E-state index contributed by atoms with van der Waals surface area (Å²) in [5.41, 5.74) is 0.615. The van der Waals surface area contributed by atoms with Gasteiger partial charge in [-0.2, -0.15) is 0 Å². The highest BCUT2D eigenvalue weighted by Gasteiger charge is 2.16. The quantitative estimate of drug-likeness (QED) is 0.370. The van der Waals surface area contributed by atoms with Crippen LogP contribution in [-0.2, 0) is 0 Å². The third kappa shape index (κ3) is 3.06. The van der Waals surface area contributed by atoms with Gasteiger partial charge in [0.25, 0.3) is 5.69 Å². The number of thioether (sulfide) groups is 1. The Bertz CT molecular complexity index is 389. The Morgan fingerprint density at radius 2 is 2.40 bits per heavy atom. The Morgan fingerprint density at radius 3 is 2.93 bits per heavy atom. The van der Waals surface area contributed by atoms with Crippen molar-refractivity contribution in [3.63, 3.8) is 0 Å². The maximum atomic E-state index is 10.6. The molecule has 7 heteroatoms. The van der Waals surface area contributed by atoms with Crippen LogP contribution in [0.1, 0.15) is 5.56 Å². The van der Waals surface area contributed by atoms with Crippen molar-refractivity contribution in [1.29, 1.82) is 0 Å². The average molecular weight is 312 g/mol. The van der Waals surface area contributed by atoms with Crippen molar-refractivity contribution in [2.24, 2.45) is 0 Å². The van der Waals surface area contributed by atoms with Crippen LogP contribution in [0.4, 0.5) is 5.69 Å². The van der Waals surface area contributed by atoms with E-state index in [0.717, 1.165) is 10.8 Å². The Balaban J connectivity index is 3.04. The third-order valence-electron chi connectivity index (χ3n) is 1.72. The smallest absolute Gasteiger partial charge is 0.258 e. The van der Waals surface area contributed by atoms with Gasteiger partial charge >= 0.3 is 0 Å². The monoisotopic (exact) mass is 310 g/mol. The van der Waals surface area contributed by atoms with Gasteiger partial charge < -0.3 is 0 Å². The molecule has 0 fully saturated rings. The zero-order chi connectivity index (χ0) is 11.4. The number of aromatic nitrogens is 1. The number of hydrogen-bond acceptors (Lipinski definition) is 4. The third-order valence-corrected chi connectivity index (χ3v) is 4.36. The lowest BCUT2D eigenvalue weighted by atomic mass is 10.3. The van der Waals surface area contributed by atoms with Gasteiger partial charge in [0, 0.05) is 17.2 Å². The van der Waals surface area contributed by atoms with Gasteiger partial charge in [-0.25, -0.2) is 4.98 Å². The highest BCUT2D eigenvalue weighted by Crippen LogP contribution is 2.32. The predicted molar refractivity (Wildman–Crippen MR) is 64.8 cm³/mol. The molecule has 1 rings (SSSR count). The van der Waals surface area contributed by atoms with Crippen molar-refractivity contribution in [2.75, 3.05) is 11.6 Å². The molecule has 0 aromatic carbocycles. The number of alkyl halides is 1. The Morgan fingerprint density at radius 1 is 1.73 bits per heavy atom. The number of pyridine rings is 1. The van der Waals surface area contributed by atoms with Gasteiger partial charge in [-0.05, 0) is 22.9 Å². The van der Waals surface area contributed by atoms with Gasteiger partial charge in [0.15, 0.2) is 0 Å². The van der Waals surface area contributed by atoms with Crippen LogP contribution in [-0.4, -0.2) is 21.5 Å². The highest BCUT2D eigenvalue weighted by molar-refractivity contribution is 9.10. The normalized spacial score (nSPS) is 10.3. The van der Waals surface area contributed by atoms with E-state index in [9.17, 15) is 10.1 Å². The molecule has 0 saturated carbocycles. The molecule has 0 aliphatic rings. The summed E-state index contributed by atoms with van der Waals surface area (Å²) in [6.45, 7) is 1.69. The number of nitro groups is 1. The summed E-state index contributed by atoms with van der Waals surface area (Å²) in [6, 6.07) is 0. The largest absolute Gasteiger partial charge is 0.291 e. The van der Waals surface area contributed by atoms with Crippen molar-refractivity contribution >= 4 is 45.0 Å². The highest BCUT2D eigenvalue weighted by atomic mass is 79.9. The Hall–Kier alpha value is -0.330. The minimum Gasteiger partial charge on any atom is -0.258 e. The van der Waals surface area contributed by atoms with Crippen LogP contribution >= 0.6 is 39.3 Å². The molecule has 0 radical (unpaired) electrons. The van der Waals surface area contributed by atoms with E-state index in [2.05, 4.69) is 20.9 Å². The van der Waals surface area contributed by atoms with Crippen LogP contribution in [0, 0.1) is 17.0 Å². The fourth-order valence-corrected chi connectivity index (χ4v) is 2.52. The molecule has 15 heavy (non-hydrogen) atoms. The van der Waals surface area contributed by atoms with Gasteiger partial charge in [0.2, 0.25) is 0 Å². The minimum atomic E-state index is -0.441. The molecule has 82 valence electrons. The molecule has 1 aromatic rings. The van der Waals surface area contributed by atoms with E-state index in [-0.39, 0.29) is 5.69 Å². The summed E-state index contributed by atoms with van der Waals surface area (Å²) in [6.07, 6.45) is 1.27. The molecule has 0 amide bonds. The molecular weight excluding hydrogens is 304 g/mol. The fraction of sp³-hybridized carbons (Fsp3) is 0.375. The zero-order valence-corrected chi connectivity index (χ0v) is 11.0. The van der Waals surface area contributed by atoms with Gasteiger partial charge in [0.1, 0.15) is 11.2 Å². The predicted octanol–water partition coefficient (Wildman–Crippen LogP) is 3.39. The van der Waals surface area contributed by atoms with Crippen LogP contribution in [0.2, 0.25) is 0 Å². The molecule has 0 atom stereocenters. The number of hydrogen-bond donors (Lipinski definition) is 0. The molecule has 0 bridgehead atoms. The topological polar surface area (TPSA) is 56.0 Å². The van der Waals surface area contributed by atoms with Crippen LogP contribution in [0.15, 0.2) is 15.7 Å². The van der Waals surface area contributed by atoms with E-state index in [1.807, 2.05) is 0 Å². The summed E-state index contributed by atoms with van der Waals surface area (Å²) < 4.78 is 0.673. The number of rotatable bonds is 4. The van der Waals surface area contributed by atoms with Gasteiger partial charge in [-0.3, -0.25) is 10.1 Å². The lowest BCUT2D eigenvalue weighted by Gasteiger charge is -2.04. The van der Waals surface area contributed by atoms with Crippen molar-refractivity contribution in [1.82, 2.24) is 4.98 Å². The lowest BCUT2D eigenvalue weighted by Crippen LogP contribution is -1.96. The van der Waals surface area contributed by atoms with Gasteiger partial charge in [-0.15, -0.1) is 23.4 Å². The molecule has 0 aliphatic heterocycles. The molecule has 0 spiro atoms. The molecule has 1 heterocycles. The van der Waals surface area contributed by atoms with Crippen molar-refractivity contribution in [3.8, 4) is 0 Å². The minimum absolute atomic E-state index is 0.0251. The van der Waals surface area contributed by atoms with Crippen molar-refractivity contribution in [2.45, 2.75) is 11.9 Å². The van der Waals surface area contributed by atoms with E-state index < -0.39 is 4.92 Å². The second-order valence-corrected chi connectivity index (χ2v) is 4.94. The van der Waals surface area contributed by atoms with Crippen LogP contribution in [0.5, 0.6) is 0 Å². The summed E-state index contributed by atoms with van der Waals surface area (Å²) in [4.78, 5) is 14.2. The molecule has 4 nitrogen and oxygen atoms in total. The molecule has 0 aliphatic carbocycles. The van der Waals surface area contributed by atoms with E-state index in [0.29, 0.717) is 15.9 Å². The van der Waals surface area contributed by atoms with E-state index in [4.69, 9.17) is 11.6 Å². The first kappa shape index (κ1) is 12.7.